The summed E-state index contributed by atoms with van der Waals surface area (Å²) in [6, 6.07) is 14.4. The fraction of sp³-hybridized carbons (Fsp3) is 0.391. The van der Waals surface area contributed by atoms with Gasteiger partial charge in [0.2, 0.25) is 0 Å². The van der Waals surface area contributed by atoms with Crippen LogP contribution in [0.25, 0.3) is 21.7 Å². The fourth-order valence-electron chi connectivity index (χ4n) is 4.46. The molecule has 2 aromatic carbocycles. The van der Waals surface area contributed by atoms with Gasteiger partial charge in [0.15, 0.2) is 0 Å². The van der Waals surface area contributed by atoms with Gasteiger partial charge < -0.3 is 12.4 Å². The Kier molecular flexibility index (Phi) is 4.73. The van der Waals surface area contributed by atoms with Crippen molar-refractivity contribution in [1.82, 2.24) is 4.98 Å². The largest absolute Gasteiger partial charge is 0.358 e. The molecule has 0 aliphatic heterocycles. The Morgan fingerprint density at radius 3 is 2.28 bits per heavy atom. The number of aromatic nitrogens is 1. The first-order valence-corrected chi connectivity index (χ1v) is 8.43. The van der Waals surface area contributed by atoms with Gasteiger partial charge in [0, 0.05) is 26.3 Å². The van der Waals surface area contributed by atoms with E-state index in [-0.39, 0.29) is 43.8 Å². The average Bonchev–Trinajstić information content (AvgIpc) is 2.62. The minimum atomic E-state index is 0. The van der Waals surface area contributed by atoms with Crippen LogP contribution in [0.1, 0.15) is 52.7 Å². The van der Waals surface area contributed by atoms with Crippen molar-refractivity contribution >= 4 is 21.7 Å². The summed E-state index contributed by atoms with van der Waals surface area (Å²) in [5, 5.41) is 3.66. The second-order valence-electron chi connectivity index (χ2n) is 8.52. The first-order chi connectivity index (χ1) is 10.7. The Balaban J connectivity index is 0.00000113. The van der Waals surface area contributed by atoms with Crippen LogP contribution in [0.2, 0.25) is 0 Å². The molecule has 0 spiro atoms. The predicted molar refractivity (Wildman–Crippen MR) is 104 cm³/mol. The Morgan fingerprint density at radius 1 is 0.920 bits per heavy atom. The Hall–Kier alpha value is -1.24. The first-order valence-electron chi connectivity index (χ1n) is 8.43. The van der Waals surface area contributed by atoms with E-state index < -0.39 is 0 Å². The maximum absolute atomic E-state index is 4.62. The third-order valence-electron chi connectivity index (χ3n) is 7.10. The number of benzene rings is 2. The molecule has 1 aliphatic rings. The Morgan fingerprint density at radius 2 is 1.60 bits per heavy atom. The van der Waals surface area contributed by atoms with Gasteiger partial charge in [-0.05, 0) is 33.2 Å². The van der Waals surface area contributed by atoms with Crippen LogP contribution in [-0.2, 0) is 30.9 Å². The van der Waals surface area contributed by atoms with E-state index in [0.29, 0.717) is 0 Å². The summed E-state index contributed by atoms with van der Waals surface area (Å²) in [6.07, 6.45) is 1.88. The van der Waals surface area contributed by atoms with Gasteiger partial charge in [-0.15, -0.1) is 34.0 Å². The molecule has 4 rings (SSSR count). The molecule has 0 fully saturated rings. The average molecular weight is 510 g/mol. The van der Waals surface area contributed by atoms with E-state index in [0.717, 1.165) is 10.9 Å². The summed E-state index contributed by atoms with van der Waals surface area (Å²) in [6.45, 7) is 14.3. The van der Waals surface area contributed by atoms with Crippen LogP contribution in [0.3, 0.4) is 0 Å². The fourth-order valence-corrected chi connectivity index (χ4v) is 4.46. The Labute approximate surface area is 165 Å². The van der Waals surface area contributed by atoms with E-state index in [1.807, 2.05) is 12.3 Å². The topological polar surface area (TPSA) is 12.9 Å². The van der Waals surface area contributed by atoms with E-state index in [9.17, 15) is 0 Å². The molecule has 135 valence electrons. The summed E-state index contributed by atoms with van der Waals surface area (Å²) in [5.41, 5.74) is 4.37. The number of hydrogen-bond acceptors (Lipinski definition) is 1. The maximum atomic E-state index is 4.62. The zero-order valence-electron chi connectivity index (χ0n) is 16.2. The first kappa shape index (κ1) is 20.1. The van der Waals surface area contributed by atoms with Gasteiger partial charge >= 0.3 is 0 Å². The van der Waals surface area contributed by atoms with Crippen LogP contribution < -0.4 is 0 Å². The molecule has 0 atom stereocenters. The summed E-state index contributed by atoms with van der Waals surface area (Å²) >= 11 is 0. The van der Waals surface area contributed by atoms with Crippen molar-refractivity contribution in [2.24, 2.45) is 5.41 Å². The van der Waals surface area contributed by atoms with Gasteiger partial charge in [-0.3, -0.25) is 0 Å². The molecular weight excluding hydrogens is 482 g/mol. The molecule has 0 bridgehead atoms. The molecule has 1 aliphatic carbocycles. The van der Waals surface area contributed by atoms with Crippen molar-refractivity contribution in [3.63, 3.8) is 0 Å². The van der Waals surface area contributed by atoms with Crippen LogP contribution >= 0.6 is 0 Å². The third-order valence-corrected chi connectivity index (χ3v) is 7.10. The molecular formula is C23H27IrN-2. The quantitative estimate of drug-likeness (QED) is 0.259. The van der Waals surface area contributed by atoms with Crippen molar-refractivity contribution in [2.75, 3.05) is 0 Å². The molecule has 3 aromatic rings. The molecule has 0 saturated heterocycles. The molecule has 1 aromatic heterocycles. The minimum Gasteiger partial charge on any atom is -0.358 e. The molecule has 2 heteroatoms. The SMILES string of the molecule is CC1(C)c2c[c-]c3c(ccc4cccnc43)c2C(C)(C)C1(C)C.[CH3-].[Ir]. The Bertz CT molecular complexity index is 951. The van der Waals surface area contributed by atoms with Crippen molar-refractivity contribution < 1.29 is 20.1 Å². The monoisotopic (exact) mass is 510 g/mol. The van der Waals surface area contributed by atoms with Crippen LogP contribution in [0.4, 0.5) is 0 Å². The van der Waals surface area contributed by atoms with E-state index in [1.54, 1.807) is 0 Å². The second kappa shape index (κ2) is 5.89. The van der Waals surface area contributed by atoms with E-state index in [4.69, 9.17) is 0 Å². The summed E-state index contributed by atoms with van der Waals surface area (Å²) < 4.78 is 0. The van der Waals surface area contributed by atoms with Crippen LogP contribution in [0.5, 0.6) is 0 Å². The van der Waals surface area contributed by atoms with Crippen molar-refractivity contribution in [3.8, 4) is 0 Å². The van der Waals surface area contributed by atoms with Crippen molar-refractivity contribution in [1.29, 1.82) is 0 Å². The third kappa shape index (κ3) is 2.27. The molecule has 0 amide bonds. The van der Waals surface area contributed by atoms with Crippen molar-refractivity contribution in [3.05, 3.63) is 61.1 Å². The number of pyridine rings is 1. The van der Waals surface area contributed by atoms with Gasteiger partial charge in [0.25, 0.3) is 0 Å². The smallest absolute Gasteiger partial charge is 0.0161 e. The van der Waals surface area contributed by atoms with E-state index in [1.165, 1.54) is 21.9 Å². The standard InChI is InChI=1S/C22H24N.CH3.Ir/c1-20(2)17-12-11-16-15(18(17)21(3,4)22(20,5)6)10-9-14-8-7-13-23-19(14)16;;/h7-10,12-13H,1-6H3;1H3;/q2*-1;. The minimum absolute atomic E-state index is 0. The van der Waals surface area contributed by atoms with Crippen LogP contribution in [0.15, 0.2) is 36.5 Å². The second-order valence-corrected chi connectivity index (χ2v) is 8.52. The summed E-state index contributed by atoms with van der Waals surface area (Å²) in [4.78, 5) is 4.62. The zero-order chi connectivity index (χ0) is 16.6. The number of rotatable bonds is 0. The van der Waals surface area contributed by atoms with Crippen LogP contribution in [-0.4, -0.2) is 4.98 Å². The molecule has 0 saturated carbocycles. The van der Waals surface area contributed by atoms with Gasteiger partial charge in [-0.2, -0.15) is 0 Å². The van der Waals surface area contributed by atoms with Crippen molar-refractivity contribution in [2.45, 2.75) is 52.4 Å². The summed E-state index contributed by atoms with van der Waals surface area (Å²) in [5.74, 6) is 0. The maximum Gasteiger partial charge on any atom is 0.0161 e. The van der Waals surface area contributed by atoms with Gasteiger partial charge in [-0.1, -0.05) is 59.7 Å². The molecule has 1 nitrogen and oxygen atoms in total. The number of fused-ring (bicyclic) bond motifs is 5. The molecule has 25 heavy (non-hydrogen) atoms. The molecule has 1 radical (unpaired) electrons. The van der Waals surface area contributed by atoms with Gasteiger partial charge in [0.05, 0.1) is 0 Å². The molecule has 1 heterocycles. The predicted octanol–water partition coefficient (Wildman–Crippen LogP) is 6.23. The van der Waals surface area contributed by atoms with E-state index in [2.05, 4.69) is 76.9 Å². The molecule has 0 N–H and O–H groups in total. The van der Waals surface area contributed by atoms with Gasteiger partial charge in [-0.25, -0.2) is 0 Å². The van der Waals surface area contributed by atoms with Gasteiger partial charge in [0.1, 0.15) is 0 Å². The number of hydrogen-bond donors (Lipinski definition) is 0. The summed E-state index contributed by atoms with van der Waals surface area (Å²) in [7, 11) is 0. The normalized spacial score (nSPS) is 19.1. The molecule has 0 unspecified atom stereocenters. The zero-order valence-corrected chi connectivity index (χ0v) is 18.6. The number of nitrogens with zero attached hydrogens (tertiary/aromatic N) is 1. The van der Waals surface area contributed by atoms with E-state index >= 15 is 0 Å². The van der Waals surface area contributed by atoms with Crippen LogP contribution in [0, 0.1) is 18.9 Å².